The van der Waals surface area contributed by atoms with Crippen LogP contribution in [0, 0.1) is 5.92 Å². The SMILES string of the molecule is COC(=O)c1ccc(NC(=O)c2csc(NC(=O)[C@H](CC3CCOCC3)c3ccc(S(=O)(=O)C4CC4)cc3)n2)nc1. The fourth-order valence-corrected chi connectivity index (χ4v) is 7.04. The van der Waals surface area contributed by atoms with Crippen molar-refractivity contribution in [1.82, 2.24) is 9.97 Å². The van der Waals surface area contributed by atoms with Gasteiger partial charge in [-0.2, -0.15) is 0 Å². The highest BCUT2D eigenvalue weighted by Crippen LogP contribution is 2.35. The maximum atomic E-state index is 13.5. The van der Waals surface area contributed by atoms with Gasteiger partial charge in [0.25, 0.3) is 5.91 Å². The van der Waals surface area contributed by atoms with Crippen LogP contribution in [0.4, 0.5) is 10.9 Å². The van der Waals surface area contributed by atoms with Gasteiger partial charge in [0.2, 0.25) is 5.91 Å². The average Bonchev–Trinajstić information content (AvgIpc) is 3.76. The Morgan fingerprint density at radius 3 is 2.41 bits per heavy atom. The van der Waals surface area contributed by atoms with E-state index in [1.54, 1.807) is 24.3 Å². The zero-order valence-corrected chi connectivity index (χ0v) is 24.0. The number of esters is 1. The molecule has 216 valence electrons. The van der Waals surface area contributed by atoms with E-state index in [9.17, 15) is 22.8 Å². The van der Waals surface area contributed by atoms with E-state index in [-0.39, 0.29) is 44.2 Å². The molecular weight excluding hydrogens is 568 g/mol. The van der Waals surface area contributed by atoms with Gasteiger partial charge in [0.05, 0.1) is 28.7 Å². The third-order valence-corrected chi connectivity index (χ3v) is 10.2. The van der Waals surface area contributed by atoms with Gasteiger partial charge in [0.15, 0.2) is 15.0 Å². The molecule has 2 amide bonds. The largest absolute Gasteiger partial charge is 0.465 e. The number of ether oxygens (including phenoxy) is 2. The number of methoxy groups -OCH3 is 1. The van der Waals surface area contributed by atoms with Crippen molar-refractivity contribution in [1.29, 1.82) is 0 Å². The second kappa shape index (κ2) is 12.5. The topological polar surface area (TPSA) is 154 Å². The van der Waals surface area contributed by atoms with Crippen molar-refractivity contribution < 1.29 is 32.3 Å². The minimum absolute atomic E-state index is 0.0970. The van der Waals surface area contributed by atoms with E-state index < -0.39 is 27.6 Å². The van der Waals surface area contributed by atoms with Crippen LogP contribution in [0.3, 0.4) is 0 Å². The highest BCUT2D eigenvalue weighted by molar-refractivity contribution is 7.92. The summed E-state index contributed by atoms with van der Waals surface area (Å²) < 4.78 is 35.4. The van der Waals surface area contributed by atoms with Gasteiger partial charge in [-0.15, -0.1) is 11.3 Å². The molecule has 1 saturated carbocycles. The van der Waals surface area contributed by atoms with Crippen molar-refractivity contribution in [3.63, 3.8) is 0 Å². The molecule has 0 unspecified atom stereocenters. The molecule has 0 bridgehead atoms. The van der Waals surface area contributed by atoms with Crippen molar-refractivity contribution in [2.45, 2.75) is 48.2 Å². The fraction of sp³-hybridized carbons (Fsp3) is 0.393. The minimum Gasteiger partial charge on any atom is -0.465 e. The predicted molar refractivity (Wildman–Crippen MR) is 152 cm³/mol. The number of hydrogen-bond donors (Lipinski definition) is 2. The van der Waals surface area contributed by atoms with Gasteiger partial charge in [0, 0.05) is 24.8 Å². The summed E-state index contributed by atoms with van der Waals surface area (Å²) in [7, 11) is -2.06. The molecule has 2 fully saturated rings. The average molecular weight is 599 g/mol. The predicted octanol–water partition coefficient (Wildman–Crippen LogP) is 4.05. The number of hydrogen-bond acceptors (Lipinski definition) is 10. The van der Waals surface area contributed by atoms with E-state index in [1.807, 2.05) is 0 Å². The number of nitrogens with zero attached hydrogens (tertiary/aromatic N) is 2. The summed E-state index contributed by atoms with van der Waals surface area (Å²) in [6, 6.07) is 9.57. The molecule has 0 spiro atoms. The molecular formula is C28H30N4O7S2. The van der Waals surface area contributed by atoms with Crippen molar-refractivity contribution >= 4 is 49.9 Å². The monoisotopic (exact) mass is 598 g/mol. The van der Waals surface area contributed by atoms with E-state index >= 15 is 0 Å². The lowest BCUT2D eigenvalue weighted by Gasteiger charge is -2.26. The van der Waals surface area contributed by atoms with Crippen LogP contribution in [0.25, 0.3) is 0 Å². The smallest absolute Gasteiger partial charge is 0.339 e. The van der Waals surface area contributed by atoms with E-state index in [0.717, 1.165) is 29.7 Å². The van der Waals surface area contributed by atoms with Crippen LogP contribution >= 0.6 is 11.3 Å². The Kier molecular flexibility index (Phi) is 8.76. The third-order valence-electron chi connectivity index (χ3n) is 7.19. The molecule has 1 aliphatic heterocycles. The molecule has 11 nitrogen and oxygen atoms in total. The normalized spacial score (nSPS) is 16.5. The highest BCUT2D eigenvalue weighted by Gasteiger charge is 2.37. The molecule has 2 N–H and O–H groups in total. The van der Waals surface area contributed by atoms with Crippen LogP contribution in [0.2, 0.25) is 0 Å². The van der Waals surface area contributed by atoms with Crippen LogP contribution in [0.5, 0.6) is 0 Å². The Labute approximate surface area is 241 Å². The first-order chi connectivity index (χ1) is 19.7. The number of aromatic nitrogens is 2. The Morgan fingerprint density at radius 2 is 1.78 bits per heavy atom. The number of sulfone groups is 1. The van der Waals surface area contributed by atoms with Gasteiger partial charge < -0.3 is 20.1 Å². The summed E-state index contributed by atoms with van der Waals surface area (Å²) in [6.07, 6.45) is 4.93. The number of amides is 2. The van der Waals surface area contributed by atoms with Crippen LogP contribution in [-0.2, 0) is 24.1 Å². The van der Waals surface area contributed by atoms with Crippen molar-refractivity contribution in [2.75, 3.05) is 31.0 Å². The first-order valence-electron chi connectivity index (χ1n) is 13.3. The highest BCUT2D eigenvalue weighted by atomic mass is 32.2. The molecule has 1 aliphatic carbocycles. The van der Waals surface area contributed by atoms with Gasteiger partial charge in [-0.25, -0.2) is 23.2 Å². The van der Waals surface area contributed by atoms with Gasteiger partial charge in [0.1, 0.15) is 11.5 Å². The Morgan fingerprint density at radius 1 is 1.05 bits per heavy atom. The van der Waals surface area contributed by atoms with Gasteiger partial charge in [-0.1, -0.05) is 12.1 Å². The molecule has 3 heterocycles. The van der Waals surface area contributed by atoms with Crippen LogP contribution in [-0.4, -0.2) is 61.7 Å². The molecule has 1 saturated heterocycles. The summed E-state index contributed by atoms with van der Waals surface area (Å²) in [6.45, 7) is 1.28. The lowest BCUT2D eigenvalue weighted by molar-refractivity contribution is -0.118. The maximum absolute atomic E-state index is 13.5. The molecule has 0 radical (unpaired) electrons. The molecule has 1 aromatic carbocycles. The number of benzene rings is 1. The maximum Gasteiger partial charge on any atom is 0.339 e. The summed E-state index contributed by atoms with van der Waals surface area (Å²) in [5.41, 5.74) is 1.07. The fourth-order valence-electron chi connectivity index (χ4n) is 4.69. The molecule has 5 rings (SSSR count). The third kappa shape index (κ3) is 6.97. The van der Waals surface area contributed by atoms with Gasteiger partial charge in [-0.05, 0) is 67.9 Å². The molecule has 1 atom stereocenters. The second-order valence-corrected chi connectivity index (χ2v) is 13.1. The number of carbonyl (C=O) groups is 3. The Balaban J connectivity index is 1.27. The van der Waals surface area contributed by atoms with Crippen molar-refractivity contribution in [3.05, 3.63) is 64.8 Å². The van der Waals surface area contributed by atoms with E-state index in [4.69, 9.17) is 4.74 Å². The lowest BCUT2D eigenvalue weighted by atomic mass is 9.84. The summed E-state index contributed by atoms with van der Waals surface area (Å²) in [4.78, 5) is 46.4. The van der Waals surface area contributed by atoms with Crippen molar-refractivity contribution in [2.24, 2.45) is 5.92 Å². The van der Waals surface area contributed by atoms with E-state index in [1.165, 1.54) is 30.8 Å². The summed E-state index contributed by atoms with van der Waals surface area (Å²) >= 11 is 1.12. The van der Waals surface area contributed by atoms with E-state index in [2.05, 4.69) is 25.3 Å². The minimum atomic E-state index is -3.33. The quantitative estimate of drug-likeness (QED) is 0.329. The molecule has 41 heavy (non-hydrogen) atoms. The van der Waals surface area contributed by atoms with Crippen LogP contribution in [0.1, 0.15) is 64.4 Å². The van der Waals surface area contributed by atoms with Crippen LogP contribution < -0.4 is 10.6 Å². The first kappa shape index (κ1) is 28.8. The van der Waals surface area contributed by atoms with Gasteiger partial charge >= 0.3 is 5.97 Å². The number of carbonyl (C=O) groups excluding carboxylic acids is 3. The van der Waals surface area contributed by atoms with Crippen LogP contribution in [0.15, 0.2) is 52.9 Å². The molecule has 3 aromatic rings. The molecule has 2 aromatic heterocycles. The summed E-state index contributed by atoms with van der Waals surface area (Å²) in [5.74, 6) is -1.36. The zero-order chi connectivity index (χ0) is 29.0. The number of rotatable bonds is 10. The first-order valence-corrected chi connectivity index (χ1v) is 15.7. The standard InChI is InChI=1S/C28H30N4O7S2/c1-38-27(35)19-4-9-24(29-15-19)31-26(34)23-16-40-28(30-23)32-25(33)22(14-17-10-12-39-13-11-17)18-2-5-20(6-3-18)41(36,37)21-7-8-21/h2-6,9,15-17,21-22H,7-8,10-14H2,1H3,(H,29,31,34)(H,30,32,33)/t22-/m1/s1. The van der Waals surface area contributed by atoms with Crippen molar-refractivity contribution in [3.8, 4) is 0 Å². The molecule has 2 aliphatic rings. The number of thiazole rings is 1. The number of nitrogens with one attached hydrogen (secondary N) is 2. The molecule has 13 heteroatoms. The Hall–Kier alpha value is -3.68. The van der Waals surface area contributed by atoms with Gasteiger partial charge in [-0.3, -0.25) is 9.59 Å². The second-order valence-electron chi connectivity index (χ2n) is 10.1. The lowest BCUT2D eigenvalue weighted by Crippen LogP contribution is -2.26. The number of anilines is 2. The Bertz CT molecular complexity index is 1510. The van der Waals surface area contributed by atoms with E-state index in [0.29, 0.717) is 32.5 Å². The summed E-state index contributed by atoms with van der Waals surface area (Å²) in [5, 5.41) is 6.94. The number of pyridine rings is 1. The zero-order valence-electron chi connectivity index (χ0n) is 22.4.